The zero-order valence-electron chi connectivity index (χ0n) is 13.5. The summed E-state index contributed by atoms with van der Waals surface area (Å²) in [6, 6.07) is 8.08. The van der Waals surface area contributed by atoms with Crippen LogP contribution >= 0.6 is 0 Å². The van der Waals surface area contributed by atoms with E-state index in [1.165, 1.54) is 4.31 Å². The van der Waals surface area contributed by atoms with Crippen molar-refractivity contribution >= 4 is 21.7 Å². The third-order valence-corrected chi connectivity index (χ3v) is 5.69. The van der Waals surface area contributed by atoms with Crippen LogP contribution in [0.25, 0.3) is 0 Å². The van der Waals surface area contributed by atoms with Crippen LogP contribution < -0.4 is 5.32 Å². The Bertz CT molecular complexity index is 838. The molecular formula is C16H19N3O4S. The number of carbonyl (C=O) groups excluding carboxylic acids is 1. The molecule has 24 heavy (non-hydrogen) atoms. The Morgan fingerprint density at radius 2 is 1.96 bits per heavy atom. The highest BCUT2D eigenvalue weighted by atomic mass is 32.2. The monoisotopic (exact) mass is 349 g/mol. The van der Waals surface area contributed by atoms with Crippen LogP contribution in [-0.2, 0) is 14.8 Å². The van der Waals surface area contributed by atoms with Crippen molar-refractivity contribution in [2.24, 2.45) is 0 Å². The van der Waals surface area contributed by atoms with Crippen molar-refractivity contribution in [3.8, 4) is 0 Å². The normalized spacial score (nSPS) is 14.8. The number of aromatic nitrogens is 1. The van der Waals surface area contributed by atoms with Crippen LogP contribution in [0.4, 0.5) is 5.82 Å². The minimum atomic E-state index is -3.71. The third-order valence-electron chi connectivity index (χ3n) is 3.78. The number of sulfonamides is 1. The molecule has 1 aromatic carbocycles. The molecular weight excluding hydrogens is 330 g/mol. The van der Waals surface area contributed by atoms with E-state index in [1.807, 2.05) is 6.92 Å². The van der Waals surface area contributed by atoms with Gasteiger partial charge in [0.05, 0.1) is 11.4 Å². The first-order chi connectivity index (χ1) is 11.4. The second-order valence-corrected chi connectivity index (χ2v) is 7.86. The Morgan fingerprint density at radius 1 is 1.29 bits per heavy atom. The first-order valence-electron chi connectivity index (χ1n) is 7.68. The van der Waals surface area contributed by atoms with E-state index in [9.17, 15) is 13.2 Å². The van der Waals surface area contributed by atoms with Crippen LogP contribution in [0.2, 0.25) is 0 Å². The van der Waals surface area contributed by atoms with Gasteiger partial charge in [0.2, 0.25) is 15.9 Å². The molecule has 1 amide bonds. The first-order valence-corrected chi connectivity index (χ1v) is 9.12. The zero-order chi connectivity index (χ0) is 17.3. The Morgan fingerprint density at radius 3 is 2.50 bits per heavy atom. The van der Waals surface area contributed by atoms with Crippen molar-refractivity contribution in [3.63, 3.8) is 0 Å². The number of aryl methyl sites for hydroxylation is 2. The highest BCUT2D eigenvalue weighted by molar-refractivity contribution is 7.89. The van der Waals surface area contributed by atoms with E-state index in [0.29, 0.717) is 5.76 Å². The average Bonchev–Trinajstić information content (AvgIpc) is 3.28. The number of benzene rings is 1. The summed E-state index contributed by atoms with van der Waals surface area (Å²) in [5.41, 5.74) is 0.978. The van der Waals surface area contributed by atoms with Crippen molar-refractivity contribution in [2.45, 2.75) is 37.6 Å². The van der Waals surface area contributed by atoms with Gasteiger partial charge in [-0.2, -0.15) is 4.31 Å². The van der Waals surface area contributed by atoms with Gasteiger partial charge in [0.1, 0.15) is 5.76 Å². The topological polar surface area (TPSA) is 92.5 Å². The Hall–Kier alpha value is -2.19. The summed E-state index contributed by atoms with van der Waals surface area (Å²) in [6.07, 6.45) is 1.53. The van der Waals surface area contributed by atoms with Gasteiger partial charge < -0.3 is 9.84 Å². The number of amides is 1. The molecule has 1 aliphatic rings. The molecule has 1 N–H and O–H groups in total. The number of hydrogen-bond donors (Lipinski definition) is 1. The zero-order valence-corrected chi connectivity index (χ0v) is 14.3. The van der Waals surface area contributed by atoms with Gasteiger partial charge in [-0.1, -0.05) is 22.9 Å². The van der Waals surface area contributed by atoms with Gasteiger partial charge in [-0.15, -0.1) is 0 Å². The van der Waals surface area contributed by atoms with Crippen LogP contribution in [0.15, 0.2) is 39.8 Å². The molecule has 1 saturated carbocycles. The molecule has 0 radical (unpaired) electrons. The summed E-state index contributed by atoms with van der Waals surface area (Å²) >= 11 is 0. The molecule has 1 aromatic heterocycles. The molecule has 8 heteroatoms. The van der Waals surface area contributed by atoms with E-state index >= 15 is 0 Å². The second-order valence-electron chi connectivity index (χ2n) is 5.97. The maximum absolute atomic E-state index is 12.8. The van der Waals surface area contributed by atoms with E-state index in [0.717, 1.165) is 18.4 Å². The molecule has 0 bridgehead atoms. The molecule has 0 atom stereocenters. The minimum absolute atomic E-state index is 0.124. The van der Waals surface area contributed by atoms with Crippen molar-refractivity contribution in [1.82, 2.24) is 9.46 Å². The van der Waals surface area contributed by atoms with Crippen LogP contribution in [-0.4, -0.2) is 36.4 Å². The first kappa shape index (κ1) is 16.7. The van der Waals surface area contributed by atoms with Gasteiger partial charge in [0, 0.05) is 12.1 Å². The highest BCUT2D eigenvalue weighted by Crippen LogP contribution is 2.32. The van der Waals surface area contributed by atoms with E-state index in [1.54, 1.807) is 37.3 Å². The standard InChI is InChI=1S/C16H19N3O4S/c1-11-3-7-14(8-4-11)24(21,22)19(13-5-6-13)10-16(20)17-15-9-12(2)23-18-15/h3-4,7-9,13H,5-6,10H2,1-2H3,(H,17,18,20). The van der Waals surface area contributed by atoms with Gasteiger partial charge in [-0.05, 0) is 38.8 Å². The van der Waals surface area contributed by atoms with E-state index in [-0.39, 0.29) is 23.3 Å². The number of rotatable bonds is 6. The fourth-order valence-corrected chi connectivity index (χ4v) is 4.01. The Kier molecular flexibility index (Phi) is 4.42. The molecule has 1 aliphatic carbocycles. The van der Waals surface area contributed by atoms with Crippen LogP contribution in [0.3, 0.4) is 0 Å². The summed E-state index contributed by atoms with van der Waals surface area (Å²) in [6.45, 7) is 3.36. The molecule has 0 aliphatic heterocycles. The van der Waals surface area contributed by atoms with Crippen molar-refractivity contribution in [3.05, 3.63) is 41.7 Å². The lowest BCUT2D eigenvalue weighted by Gasteiger charge is -2.21. The fourth-order valence-electron chi connectivity index (χ4n) is 2.37. The largest absolute Gasteiger partial charge is 0.360 e. The molecule has 3 rings (SSSR count). The highest BCUT2D eigenvalue weighted by Gasteiger charge is 2.39. The summed E-state index contributed by atoms with van der Waals surface area (Å²) in [4.78, 5) is 12.4. The van der Waals surface area contributed by atoms with Gasteiger partial charge >= 0.3 is 0 Å². The Balaban J connectivity index is 1.77. The van der Waals surface area contributed by atoms with Gasteiger partial charge in [-0.25, -0.2) is 8.42 Å². The van der Waals surface area contributed by atoms with Crippen molar-refractivity contribution in [1.29, 1.82) is 0 Å². The third kappa shape index (κ3) is 3.65. The maximum atomic E-state index is 12.8. The number of nitrogens with one attached hydrogen (secondary N) is 1. The maximum Gasteiger partial charge on any atom is 0.243 e. The SMILES string of the molecule is Cc1ccc(S(=O)(=O)N(CC(=O)Nc2cc(C)on2)C2CC2)cc1. The van der Waals surface area contributed by atoms with Gasteiger partial charge in [0.15, 0.2) is 5.82 Å². The summed E-state index contributed by atoms with van der Waals surface area (Å²) in [5, 5.41) is 6.24. The van der Waals surface area contributed by atoms with E-state index < -0.39 is 15.9 Å². The number of carbonyl (C=O) groups is 1. The molecule has 7 nitrogen and oxygen atoms in total. The molecule has 1 fully saturated rings. The predicted molar refractivity (Wildman–Crippen MR) is 88.0 cm³/mol. The smallest absolute Gasteiger partial charge is 0.243 e. The number of anilines is 1. The van der Waals surface area contributed by atoms with Gasteiger partial charge in [-0.3, -0.25) is 4.79 Å². The van der Waals surface area contributed by atoms with Crippen molar-refractivity contribution in [2.75, 3.05) is 11.9 Å². The lowest BCUT2D eigenvalue weighted by atomic mass is 10.2. The van der Waals surface area contributed by atoms with E-state index in [4.69, 9.17) is 4.52 Å². The van der Waals surface area contributed by atoms with Crippen LogP contribution in [0.1, 0.15) is 24.2 Å². The average molecular weight is 349 g/mol. The lowest BCUT2D eigenvalue weighted by Crippen LogP contribution is -2.39. The molecule has 2 aromatic rings. The molecule has 0 saturated heterocycles. The molecule has 128 valence electrons. The molecule has 0 unspecified atom stereocenters. The fraction of sp³-hybridized carbons (Fsp3) is 0.375. The van der Waals surface area contributed by atoms with Crippen LogP contribution in [0.5, 0.6) is 0 Å². The van der Waals surface area contributed by atoms with E-state index in [2.05, 4.69) is 10.5 Å². The lowest BCUT2D eigenvalue weighted by molar-refractivity contribution is -0.116. The second kappa shape index (κ2) is 6.37. The molecule has 1 heterocycles. The quantitative estimate of drug-likeness (QED) is 0.862. The van der Waals surface area contributed by atoms with Crippen molar-refractivity contribution < 1.29 is 17.7 Å². The number of nitrogens with zero attached hydrogens (tertiary/aromatic N) is 2. The number of hydrogen-bond acceptors (Lipinski definition) is 5. The minimum Gasteiger partial charge on any atom is -0.360 e. The van der Waals surface area contributed by atoms with Gasteiger partial charge in [0.25, 0.3) is 0 Å². The summed E-state index contributed by atoms with van der Waals surface area (Å²) < 4.78 is 31.8. The summed E-state index contributed by atoms with van der Waals surface area (Å²) in [7, 11) is -3.71. The summed E-state index contributed by atoms with van der Waals surface area (Å²) in [5.74, 6) is 0.406. The predicted octanol–water partition coefficient (Wildman–Crippen LogP) is 2.08. The molecule has 0 spiro atoms. The van der Waals surface area contributed by atoms with Crippen LogP contribution in [0, 0.1) is 13.8 Å². The Labute approximate surface area is 140 Å².